The average Bonchev–Trinajstić information content (AvgIpc) is 2.22. The lowest BCUT2D eigenvalue weighted by Gasteiger charge is -2.19. The molecule has 0 bridgehead atoms. The SMILES string of the molecule is C.C.C.C.C.CC.CC.CC#N.CCNC(=O)OC(C)(C)C. The van der Waals surface area contributed by atoms with Crippen molar-refractivity contribution in [3.05, 3.63) is 0 Å². The van der Waals surface area contributed by atoms with Crippen molar-refractivity contribution in [1.29, 1.82) is 5.26 Å². The first-order chi connectivity index (χ1) is 7.87. The molecule has 0 saturated heterocycles. The lowest BCUT2D eigenvalue weighted by Crippen LogP contribution is -2.32. The largest absolute Gasteiger partial charge is 0.444 e. The maximum absolute atomic E-state index is 10.7. The number of nitrogens with one attached hydrogen (secondary N) is 1. The fourth-order valence-electron chi connectivity index (χ4n) is 0.459. The minimum absolute atomic E-state index is 0. The van der Waals surface area contributed by atoms with Gasteiger partial charge >= 0.3 is 6.09 Å². The van der Waals surface area contributed by atoms with Crippen LogP contribution >= 0.6 is 0 Å². The van der Waals surface area contributed by atoms with Crippen molar-refractivity contribution in [2.75, 3.05) is 6.54 Å². The van der Waals surface area contributed by atoms with Crippen LogP contribution in [-0.2, 0) is 4.74 Å². The molecule has 4 nitrogen and oxygen atoms in total. The average molecular weight is 327 g/mol. The molecule has 0 heterocycles. The monoisotopic (exact) mass is 326 g/mol. The van der Waals surface area contributed by atoms with Crippen molar-refractivity contribution in [2.24, 2.45) is 0 Å². The molecule has 4 heteroatoms. The fourth-order valence-corrected chi connectivity index (χ4v) is 0.459. The number of nitriles is 1. The van der Waals surface area contributed by atoms with E-state index < -0.39 is 0 Å². The van der Waals surface area contributed by atoms with Crippen LogP contribution in [0.5, 0.6) is 0 Å². The van der Waals surface area contributed by atoms with E-state index in [-0.39, 0.29) is 48.8 Å². The van der Waals surface area contributed by atoms with Gasteiger partial charge in [0.25, 0.3) is 0 Å². The molecule has 22 heavy (non-hydrogen) atoms. The van der Waals surface area contributed by atoms with E-state index in [4.69, 9.17) is 10.00 Å². The summed E-state index contributed by atoms with van der Waals surface area (Å²) in [5, 5.41) is 9.86. The predicted molar refractivity (Wildman–Crippen MR) is 108 cm³/mol. The van der Waals surface area contributed by atoms with Crippen LogP contribution in [0.15, 0.2) is 0 Å². The molecule has 0 aromatic rings. The molecule has 0 atom stereocenters. The Kier molecular flexibility index (Phi) is 134. The van der Waals surface area contributed by atoms with Gasteiger partial charge in [-0.25, -0.2) is 4.79 Å². The van der Waals surface area contributed by atoms with E-state index >= 15 is 0 Å². The van der Waals surface area contributed by atoms with E-state index in [0.29, 0.717) is 6.54 Å². The van der Waals surface area contributed by atoms with Gasteiger partial charge < -0.3 is 10.1 Å². The number of rotatable bonds is 1. The second kappa shape index (κ2) is 50.3. The van der Waals surface area contributed by atoms with Crippen molar-refractivity contribution in [3.8, 4) is 6.07 Å². The van der Waals surface area contributed by atoms with E-state index in [1.807, 2.05) is 55.4 Å². The minimum atomic E-state index is -0.390. The van der Waals surface area contributed by atoms with Crippen LogP contribution in [0, 0.1) is 11.3 Å². The van der Waals surface area contributed by atoms with Crippen molar-refractivity contribution >= 4 is 6.09 Å². The molecule has 144 valence electrons. The summed E-state index contributed by atoms with van der Waals surface area (Å²) in [7, 11) is 0. The smallest absolute Gasteiger partial charge is 0.407 e. The Morgan fingerprint density at radius 1 is 1.00 bits per heavy atom. The second-order valence-corrected chi connectivity index (χ2v) is 3.26. The summed E-state index contributed by atoms with van der Waals surface area (Å²) in [6.07, 6.45) is -0.352. The Balaban J connectivity index is -0.0000000177. The van der Waals surface area contributed by atoms with Crippen molar-refractivity contribution < 1.29 is 9.53 Å². The first kappa shape index (κ1) is 58.6. The van der Waals surface area contributed by atoms with Gasteiger partial charge in [-0.2, -0.15) is 5.26 Å². The maximum Gasteiger partial charge on any atom is 0.407 e. The first-order valence-corrected chi connectivity index (χ1v) is 6.15. The third-order valence-electron chi connectivity index (χ3n) is 0.720. The highest BCUT2D eigenvalue weighted by Crippen LogP contribution is 2.05. The Labute approximate surface area is 144 Å². The molecular formula is C18H50N2O2. The van der Waals surface area contributed by atoms with Gasteiger partial charge in [0.2, 0.25) is 0 Å². The number of alkyl carbamates (subject to hydrolysis) is 1. The Hall–Kier alpha value is -1.24. The summed E-state index contributed by atoms with van der Waals surface area (Å²) in [5.41, 5.74) is -0.390. The Morgan fingerprint density at radius 3 is 1.36 bits per heavy atom. The summed E-state index contributed by atoms with van der Waals surface area (Å²) in [5.74, 6) is 0. The molecule has 0 rings (SSSR count). The first-order valence-electron chi connectivity index (χ1n) is 6.15. The highest BCUT2D eigenvalue weighted by molar-refractivity contribution is 5.67. The number of carbonyl (C=O) groups excluding carboxylic acids is 1. The van der Waals surface area contributed by atoms with Gasteiger partial charge in [-0.15, -0.1) is 0 Å². The molecule has 0 aliphatic carbocycles. The lowest BCUT2D eigenvalue weighted by molar-refractivity contribution is 0.0531. The minimum Gasteiger partial charge on any atom is -0.444 e. The third-order valence-corrected chi connectivity index (χ3v) is 0.720. The van der Waals surface area contributed by atoms with Gasteiger partial charge in [0.15, 0.2) is 0 Å². The second-order valence-electron chi connectivity index (χ2n) is 3.26. The van der Waals surface area contributed by atoms with Gasteiger partial charge in [-0.05, 0) is 27.7 Å². The van der Waals surface area contributed by atoms with Gasteiger partial charge in [-0.1, -0.05) is 64.8 Å². The predicted octanol–water partition coefficient (Wildman–Crippen LogP) is 7.29. The molecule has 1 amide bonds. The molecule has 0 unspecified atom stereocenters. The zero-order valence-electron chi connectivity index (χ0n) is 13.0. The molecule has 1 N–H and O–H groups in total. The van der Waals surface area contributed by atoms with E-state index in [0.717, 1.165) is 0 Å². The molecule has 0 aliphatic rings. The molecule has 0 aromatic heterocycles. The van der Waals surface area contributed by atoms with Gasteiger partial charge in [0, 0.05) is 13.5 Å². The number of ether oxygens (including phenoxy) is 1. The van der Waals surface area contributed by atoms with Gasteiger partial charge in [0.05, 0.1) is 6.07 Å². The van der Waals surface area contributed by atoms with E-state index in [9.17, 15) is 4.79 Å². The topological polar surface area (TPSA) is 62.1 Å². The number of hydrogen-bond donors (Lipinski definition) is 1. The lowest BCUT2D eigenvalue weighted by atomic mass is 10.2. The zero-order valence-corrected chi connectivity index (χ0v) is 13.0. The van der Waals surface area contributed by atoms with Crippen molar-refractivity contribution in [3.63, 3.8) is 0 Å². The summed E-state index contributed by atoms with van der Waals surface area (Å²) < 4.78 is 4.93. The molecule has 0 spiro atoms. The fraction of sp³-hybridized carbons (Fsp3) is 0.889. The van der Waals surface area contributed by atoms with Crippen LogP contribution in [0.2, 0.25) is 0 Å². The van der Waals surface area contributed by atoms with Crippen LogP contribution in [0.1, 0.15) is 99.4 Å². The summed E-state index contributed by atoms with van der Waals surface area (Å²) in [6, 6.07) is 1.75. The molecule has 0 fully saturated rings. The van der Waals surface area contributed by atoms with Crippen LogP contribution in [0.4, 0.5) is 4.79 Å². The number of carbonyl (C=O) groups is 1. The van der Waals surface area contributed by atoms with Crippen LogP contribution in [-0.4, -0.2) is 18.2 Å². The molecule has 0 aliphatic heterocycles. The van der Waals surface area contributed by atoms with Crippen molar-refractivity contribution in [1.82, 2.24) is 5.32 Å². The number of hydrogen-bond acceptors (Lipinski definition) is 3. The van der Waals surface area contributed by atoms with Crippen LogP contribution in [0.3, 0.4) is 0 Å². The van der Waals surface area contributed by atoms with Crippen molar-refractivity contribution in [2.45, 2.75) is 105 Å². The molecule has 0 aromatic carbocycles. The van der Waals surface area contributed by atoms with Gasteiger partial charge in [-0.3, -0.25) is 0 Å². The highest BCUT2D eigenvalue weighted by Gasteiger charge is 2.14. The van der Waals surface area contributed by atoms with E-state index in [1.165, 1.54) is 6.92 Å². The standard InChI is InChI=1S/C7H15NO2.C2H3N.2C2H6.5CH4/c1-5-8-6(9)10-7(2,3)4;1-2-3;2*1-2;;;;;/h5H2,1-4H3,(H,8,9);1H3;2*1-2H3;5*1H4. The zero-order chi connectivity index (χ0) is 14.9. The molecule has 0 saturated carbocycles. The maximum atomic E-state index is 10.7. The normalized spacial score (nSPS) is 5.82. The third kappa shape index (κ3) is 129. The van der Waals surface area contributed by atoms with Crippen LogP contribution in [0.25, 0.3) is 0 Å². The highest BCUT2D eigenvalue weighted by atomic mass is 16.6. The summed E-state index contributed by atoms with van der Waals surface area (Å²) >= 11 is 0. The van der Waals surface area contributed by atoms with Gasteiger partial charge in [0.1, 0.15) is 5.60 Å². The quantitative estimate of drug-likeness (QED) is 0.550. The Bertz CT molecular complexity index is 181. The Morgan fingerprint density at radius 2 is 1.23 bits per heavy atom. The number of nitrogens with zero attached hydrogens (tertiary/aromatic N) is 1. The van der Waals surface area contributed by atoms with E-state index in [2.05, 4.69) is 5.32 Å². The molecule has 0 radical (unpaired) electrons. The summed E-state index contributed by atoms with van der Waals surface area (Å²) in [6.45, 7) is 17.4. The number of amides is 1. The van der Waals surface area contributed by atoms with E-state index in [1.54, 1.807) is 6.07 Å². The summed E-state index contributed by atoms with van der Waals surface area (Å²) in [4.78, 5) is 10.7. The molecular weight excluding hydrogens is 276 g/mol. The van der Waals surface area contributed by atoms with Crippen LogP contribution < -0.4 is 5.32 Å².